The third kappa shape index (κ3) is 3.72. The average molecular weight is 402 g/mol. The zero-order valence-corrected chi connectivity index (χ0v) is 16.6. The highest BCUT2D eigenvalue weighted by molar-refractivity contribution is 6.00. The number of aromatic nitrogens is 2. The molecule has 6 heteroatoms. The number of pyridine rings is 1. The highest BCUT2D eigenvalue weighted by Crippen LogP contribution is 2.22. The Bertz CT molecular complexity index is 1260. The van der Waals surface area contributed by atoms with E-state index in [9.17, 15) is 14.0 Å². The Morgan fingerprint density at radius 2 is 1.73 bits per heavy atom. The highest BCUT2D eigenvalue weighted by Gasteiger charge is 2.19. The van der Waals surface area contributed by atoms with Gasteiger partial charge < -0.3 is 9.30 Å². The lowest BCUT2D eigenvalue weighted by Gasteiger charge is -2.10. The van der Waals surface area contributed by atoms with Crippen molar-refractivity contribution in [2.75, 3.05) is 6.61 Å². The van der Waals surface area contributed by atoms with Crippen molar-refractivity contribution in [3.05, 3.63) is 95.2 Å². The van der Waals surface area contributed by atoms with Crippen molar-refractivity contribution in [2.24, 2.45) is 0 Å². The Labute approximate surface area is 172 Å². The van der Waals surface area contributed by atoms with E-state index in [1.807, 2.05) is 35.8 Å². The molecular weight excluding hydrogens is 383 g/mol. The van der Waals surface area contributed by atoms with E-state index in [2.05, 4.69) is 4.98 Å². The molecule has 2 aromatic carbocycles. The number of hydrogen-bond acceptors (Lipinski definition) is 4. The lowest BCUT2D eigenvalue weighted by molar-refractivity contribution is 0.0469. The molecule has 0 radical (unpaired) electrons. The molecule has 0 aliphatic rings. The molecule has 0 saturated carbocycles. The van der Waals surface area contributed by atoms with Crippen LogP contribution in [-0.2, 0) is 4.74 Å². The lowest BCUT2D eigenvalue weighted by atomic mass is 10.1. The molecule has 0 atom stereocenters. The monoisotopic (exact) mass is 402 g/mol. The van der Waals surface area contributed by atoms with Crippen molar-refractivity contribution in [1.82, 2.24) is 9.55 Å². The first-order valence-corrected chi connectivity index (χ1v) is 9.45. The first kappa shape index (κ1) is 19.5. The summed E-state index contributed by atoms with van der Waals surface area (Å²) in [5.74, 6) is -1.29. The number of benzene rings is 2. The third-order valence-electron chi connectivity index (χ3n) is 4.96. The number of esters is 1. The van der Waals surface area contributed by atoms with E-state index in [4.69, 9.17) is 4.74 Å². The molecule has 30 heavy (non-hydrogen) atoms. The van der Waals surface area contributed by atoms with Crippen LogP contribution in [0, 0.1) is 19.7 Å². The van der Waals surface area contributed by atoms with Crippen LogP contribution in [0.15, 0.2) is 66.7 Å². The summed E-state index contributed by atoms with van der Waals surface area (Å²) in [5, 5.41) is 0.915. The summed E-state index contributed by atoms with van der Waals surface area (Å²) in [6, 6.07) is 18.6. The van der Waals surface area contributed by atoms with Gasteiger partial charge in [-0.15, -0.1) is 0 Å². The van der Waals surface area contributed by atoms with E-state index in [-0.39, 0.29) is 23.9 Å². The Balaban J connectivity index is 1.50. The van der Waals surface area contributed by atoms with Crippen LogP contribution < -0.4 is 0 Å². The smallest absolute Gasteiger partial charge is 0.357 e. The maximum Gasteiger partial charge on any atom is 0.357 e. The minimum atomic E-state index is -0.651. The van der Waals surface area contributed by atoms with Crippen LogP contribution in [-0.4, -0.2) is 27.9 Å². The number of para-hydroxylation sites is 1. The van der Waals surface area contributed by atoms with Crippen molar-refractivity contribution in [3.8, 4) is 5.69 Å². The molecule has 4 aromatic rings. The van der Waals surface area contributed by atoms with Gasteiger partial charge in [0, 0.05) is 28.0 Å². The van der Waals surface area contributed by atoms with Gasteiger partial charge in [-0.25, -0.2) is 14.2 Å². The average Bonchev–Trinajstić information content (AvgIpc) is 3.06. The van der Waals surface area contributed by atoms with Crippen molar-refractivity contribution in [3.63, 3.8) is 0 Å². The summed E-state index contributed by atoms with van der Waals surface area (Å²) in [7, 11) is 0. The van der Waals surface area contributed by atoms with E-state index < -0.39 is 5.97 Å². The van der Waals surface area contributed by atoms with Crippen LogP contribution in [0.25, 0.3) is 16.6 Å². The van der Waals surface area contributed by atoms with E-state index in [0.717, 1.165) is 16.8 Å². The summed E-state index contributed by atoms with van der Waals surface area (Å²) in [5.41, 5.74) is 3.56. The molecule has 0 unspecified atom stereocenters. The molecular formula is C24H19FN2O3. The molecule has 0 N–H and O–H groups in total. The third-order valence-corrected chi connectivity index (χ3v) is 4.96. The number of Topliss-reactive ketones (excluding diaryl/α,β-unsaturated/α-hetero) is 1. The maximum atomic E-state index is 13.2. The van der Waals surface area contributed by atoms with Crippen molar-refractivity contribution < 1.29 is 18.7 Å². The van der Waals surface area contributed by atoms with Crippen molar-refractivity contribution in [1.29, 1.82) is 0 Å². The minimum absolute atomic E-state index is 0.151. The fourth-order valence-corrected chi connectivity index (χ4v) is 3.50. The number of aryl methyl sites for hydroxylation is 1. The number of carbonyl (C=O) groups excluding carboxylic acids is 2. The van der Waals surface area contributed by atoms with Crippen LogP contribution in [0.3, 0.4) is 0 Å². The number of ketones is 1. The van der Waals surface area contributed by atoms with E-state index in [1.54, 1.807) is 37.3 Å². The first-order chi connectivity index (χ1) is 14.4. The highest BCUT2D eigenvalue weighted by atomic mass is 19.1. The molecule has 2 aromatic heterocycles. The Hall–Kier alpha value is -3.80. The summed E-state index contributed by atoms with van der Waals surface area (Å²) in [4.78, 5) is 29.3. The second-order valence-electron chi connectivity index (χ2n) is 6.99. The van der Waals surface area contributed by atoms with Crippen LogP contribution in [0.4, 0.5) is 4.39 Å². The maximum absolute atomic E-state index is 13.2. The molecule has 0 aliphatic carbocycles. The number of nitrogens with zero attached hydrogens (tertiary/aromatic N) is 2. The van der Waals surface area contributed by atoms with Crippen LogP contribution in [0.5, 0.6) is 0 Å². The molecule has 5 nitrogen and oxygen atoms in total. The first-order valence-electron chi connectivity index (χ1n) is 9.45. The van der Waals surface area contributed by atoms with Gasteiger partial charge in [-0.3, -0.25) is 4.79 Å². The molecule has 0 saturated heterocycles. The van der Waals surface area contributed by atoms with Crippen LogP contribution in [0.1, 0.15) is 32.2 Å². The Morgan fingerprint density at radius 1 is 1.00 bits per heavy atom. The standard InChI is InChI=1S/C24H19FN2O3/c1-15-13-20(16(2)27(15)19-10-8-18(25)9-11-19)23(28)14-30-24(29)22-12-7-17-5-3-4-6-21(17)26-22/h3-13H,14H2,1-2H3. The van der Waals surface area contributed by atoms with Gasteiger partial charge in [-0.05, 0) is 56.3 Å². The quantitative estimate of drug-likeness (QED) is 0.355. The second-order valence-corrected chi connectivity index (χ2v) is 6.99. The number of fused-ring (bicyclic) bond motifs is 1. The topological polar surface area (TPSA) is 61.2 Å². The number of hydrogen-bond donors (Lipinski definition) is 0. The minimum Gasteiger partial charge on any atom is -0.453 e. The summed E-state index contributed by atoms with van der Waals surface area (Å²) >= 11 is 0. The molecule has 2 heterocycles. The number of carbonyl (C=O) groups is 2. The van der Waals surface area contributed by atoms with Gasteiger partial charge >= 0.3 is 5.97 Å². The number of ether oxygens (including phenoxy) is 1. The van der Waals surface area contributed by atoms with Crippen molar-refractivity contribution in [2.45, 2.75) is 13.8 Å². The Morgan fingerprint density at radius 3 is 2.50 bits per heavy atom. The van der Waals surface area contributed by atoms with Gasteiger partial charge in [0.25, 0.3) is 0 Å². The SMILES string of the molecule is Cc1cc(C(=O)COC(=O)c2ccc3ccccc3n2)c(C)n1-c1ccc(F)cc1. The molecule has 0 bridgehead atoms. The van der Waals surface area contributed by atoms with Crippen LogP contribution >= 0.6 is 0 Å². The second kappa shape index (κ2) is 7.91. The van der Waals surface area contributed by atoms with Gasteiger partial charge in [-0.2, -0.15) is 0 Å². The summed E-state index contributed by atoms with van der Waals surface area (Å²) < 4.78 is 20.3. The lowest BCUT2D eigenvalue weighted by Crippen LogP contribution is -2.16. The van der Waals surface area contributed by atoms with E-state index >= 15 is 0 Å². The molecule has 0 amide bonds. The predicted molar refractivity (Wildman–Crippen MR) is 112 cm³/mol. The van der Waals surface area contributed by atoms with Gasteiger partial charge in [0.1, 0.15) is 11.5 Å². The van der Waals surface area contributed by atoms with Crippen LogP contribution in [0.2, 0.25) is 0 Å². The molecule has 4 rings (SSSR count). The molecule has 0 fully saturated rings. The predicted octanol–water partition coefficient (Wildman–Crippen LogP) is 4.82. The zero-order chi connectivity index (χ0) is 21.3. The summed E-state index contributed by atoms with van der Waals surface area (Å²) in [6.45, 7) is 3.27. The fraction of sp³-hybridized carbons (Fsp3) is 0.125. The number of rotatable bonds is 5. The normalized spacial score (nSPS) is 10.9. The molecule has 0 aliphatic heterocycles. The van der Waals surface area contributed by atoms with Gasteiger partial charge in [0.2, 0.25) is 5.78 Å². The van der Waals surface area contributed by atoms with Gasteiger partial charge in [0.15, 0.2) is 6.61 Å². The molecule has 150 valence electrons. The van der Waals surface area contributed by atoms with E-state index in [0.29, 0.717) is 16.8 Å². The fourth-order valence-electron chi connectivity index (χ4n) is 3.50. The summed E-state index contributed by atoms with van der Waals surface area (Å²) in [6.07, 6.45) is 0. The largest absolute Gasteiger partial charge is 0.453 e. The van der Waals surface area contributed by atoms with Gasteiger partial charge in [0.05, 0.1) is 5.52 Å². The number of halogens is 1. The zero-order valence-electron chi connectivity index (χ0n) is 16.6. The molecule has 0 spiro atoms. The van der Waals surface area contributed by atoms with E-state index in [1.165, 1.54) is 12.1 Å². The van der Waals surface area contributed by atoms with Gasteiger partial charge in [-0.1, -0.05) is 24.3 Å². The van der Waals surface area contributed by atoms with Crippen molar-refractivity contribution >= 4 is 22.7 Å². The Kier molecular flexibility index (Phi) is 5.14.